The molecule has 1 N–H and O–H groups in total. The Bertz CT molecular complexity index is 792. The highest BCUT2D eigenvalue weighted by atomic mass is 16.4. The maximum Gasteiger partial charge on any atom is 0.305 e. The number of carbonyl (C=O) groups is 1. The number of hydrogen-bond donors (Lipinski definition) is 1. The Morgan fingerprint density at radius 3 is 2.52 bits per heavy atom. The van der Waals surface area contributed by atoms with E-state index in [2.05, 4.69) is 4.98 Å². The lowest BCUT2D eigenvalue weighted by atomic mass is 10.2. The summed E-state index contributed by atoms with van der Waals surface area (Å²) in [6.07, 6.45) is 0. The van der Waals surface area contributed by atoms with Crippen molar-refractivity contribution in [1.29, 1.82) is 0 Å². The van der Waals surface area contributed by atoms with Crippen LogP contribution in [0.5, 0.6) is 0 Å². The van der Waals surface area contributed by atoms with Crippen LogP contribution in [0.2, 0.25) is 0 Å². The molecule has 0 amide bonds. The molecule has 2 aliphatic rings. The molecule has 0 fully saturated rings. The third kappa shape index (κ3) is 3.66. The van der Waals surface area contributed by atoms with Crippen molar-refractivity contribution < 1.29 is 14.3 Å². The molecule has 3 rings (SSSR count). The highest BCUT2D eigenvalue weighted by molar-refractivity contribution is 5.75. The van der Waals surface area contributed by atoms with Gasteiger partial charge < -0.3 is 9.52 Å². The molecule has 0 aromatic heterocycles. The van der Waals surface area contributed by atoms with E-state index < -0.39 is 5.97 Å². The second-order valence-corrected chi connectivity index (χ2v) is 4.80. The van der Waals surface area contributed by atoms with E-state index in [4.69, 9.17) is 9.52 Å². The third-order valence-corrected chi connectivity index (χ3v) is 2.75. The predicted molar refractivity (Wildman–Crippen MR) is 79.4 cm³/mol. The number of carboxylic acid groups (broad SMARTS) is 1. The van der Waals surface area contributed by atoms with Crippen LogP contribution in [0.3, 0.4) is 0 Å². The molecule has 5 nitrogen and oxygen atoms in total. The van der Waals surface area contributed by atoms with Crippen LogP contribution in [0.25, 0.3) is 22.6 Å². The molecule has 0 saturated heterocycles. The fraction of sp³-hybridized carbons (Fsp3) is 0.188. The Kier molecular flexibility index (Phi) is 4.33. The summed E-state index contributed by atoms with van der Waals surface area (Å²) in [6.45, 7) is 3.28. The largest absolute Gasteiger partial charge is 0.481 e. The number of fused-ring (bicyclic) bond motifs is 2. The molecule has 1 aliphatic carbocycles. The highest BCUT2D eigenvalue weighted by Gasteiger charge is 2.07. The van der Waals surface area contributed by atoms with Crippen molar-refractivity contribution in [3.63, 3.8) is 0 Å². The monoisotopic (exact) mass is 285 g/mol. The van der Waals surface area contributed by atoms with Gasteiger partial charge in [0.15, 0.2) is 16.8 Å². The van der Waals surface area contributed by atoms with E-state index in [1.165, 1.54) is 12.1 Å². The molecular formula is C16H15NO4. The van der Waals surface area contributed by atoms with Crippen LogP contribution in [-0.2, 0) is 4.79 Å². The fourth-order valence-electron chi connectivity index (χ4n) is 1.55. The number of aromatic nitrogens is 1. The van der Waals surface area contributed by atoms with Crippen LogP contribution < -0.4 is 5.43 Å². The molecule has 5 heteroatoms. The molecule has 0 saturated carbocycles. The lowest BCUT2D eigenvalue weighted by Crippen LogP contribution is -2.03. The van der Waals surface area contributed by atoms with E-state index >= 15 is 0 Å². The lowest BCUT2D eigenvalue weighted by Gasteiger charge is -2.04. The third-order valence-electron chi connectivity index (χ3n) is 2.75. The summed E-state index contributed by atoms with van der Waals surface area (Å²) in [5.74, 6) is -0.443. The van der Waals surface area contributed by atoms with E-state index in [0.29, 0.717) is 17.0 Å². The quantitative estimate of drug-likeness (QED) is 0.695. The number of rotatable bonds is 1. The van der Waals surface area contributed by atoms with Crippen molar-refractivity contribution in [1.82, 2.24) is 4.98 Å². The number of carboxylic acids is 1. The summed E-state index contributed by atoms with van der Waals surface area (Å²) in [6, 6.07) is 12.1. The fourth-order valence-corrected chi connectivity index (χ4v) is 1.55. The van der Waals surface area contributed by atoms with E-state index in [9.17, 15) is 9.59 Å². The van der Waals surface area contributed by atoms with Crippen molar-refractivity contribution in [2.45, 2.75) is 13.8 Å². The molecule has 0 unspecified atom stereocenters. The van der Waals surface area contributed by atoms with Crippen LogP contribution in [0.4, 0.5) is 0 Å². The molecule has 0 bridgehead atoms. The maximum absolute atomic E-state index is 11.1. The normalized spacial score (nSPS) is 10.4. The number of aliphatic carboxylic acids is 1. The average molecular weight is 285 g/mol. The van der Waals surface area contributed by atoms with E-state index in [1.807, 2.05) is 24.3 Å². The predicted octanol–water partition coefficient (Wildman–Crippen LogP) is 3.02. The van der Waals surface area contributed by atoms with Crippen LogP contribution in [-0.4, -0.2) is 16.1 Å². The zero-order valence-corrected chi connectivity index (χ0v) is 11.7. The number of nitrogens with zero attached hydrogens (tertiary/aromatic N) is 1. The highest BCUT2D eigenvalue weighted by Crippen LogP contribution is 2.22. The van der Waals surface area contributed by atoms with Gasteiger partial charge in [-0.05, 0) is 24.3 Å². The average Bonchev–Trinajstić information content (AvgIpc) is 2.45. The molecular weight excluding hydrogens is 270 g/mol. The van der Waals surface area contributed by atoms with E-state index in [1.54, 1.807) is 19.9 Å². The number of benzene rings is 2. The van der Waals surface area contributed by atoms with Crippen molar-refractivity contribution >= 4 is 17.1 Å². The Morgan fingerprint density at radius 2 is 1.86 bits per heavy atom. The smallest absolute Gasteiger partial charge is 0.305 e. The molecule has 0 radical (unpaired) electrons. The van der Waals surface area contributed by atoms with Crippen molar-refractivity contribution in [2.75, 3.05) is 0 Å². The molecule has 1 aliphatic heterocycles. The molecule has 1 heterocycles. The van der Waals surface area contributed by atoms with Crippen molar-refractivity contribution in [3.05, 3.63) is 52.7 Å². The van der Waals surface area contributed by atoms with Gasteiger partial charge in [-0.3, -0.25) is 9.59 Å². The zero-order valence-electron chi connectivity index (χ0n) is 11.7. The Balaban J connectivity index is 0.000000232. The lowest BCUT2D eigenvalue weighted by molar-refractivity contribution is -0.140. The Morgan fingerprint density at radius 1 is 1.19 bits per heavy atom. The van der Waals surface area contributed by atoms with Gasteiger partial charge in [-0.25, -0.2) is 4.98 Å². The Labute approximate surface area is 121 Å². The van der Waals surface area contributed by atoms with E-state index in [-0.39, 0.29) is 11.3 Å². The SMILES string of the molecule is CC(C)C(=O)O.O=c1ccc2nc3ccccc3oc-2c1. The van der Waals surface area contributed by atoms with Crippen molar-refractivity contribution in [2.24, 2.45) is 5.92 Å². The van der Waals surface area contributed by atoms with Crippen LogP contribution >= 0.6 is 0 Å². The summed E-state index contributed by atoms with van der Waals surface area (Å²) in [5, 5.41) is 7.99. The standard InChI is InChI=1S/C12H7NO2.C4H8O2/c14-8-5-6-10-12(7-8)15-11-4-2-1-3-9(11)13-10;1-3(2)4(5)6/h1-7H;3H,1-2H3,(H,5,6). The van der Waals surface area contributed by atoms with Gasteiger partial charge in [-0.2, -0.15) is 0 Å². The minimum atomic E-state index is -0.741. The zero-order chi connectivity index (χ0) is 15.4. The van der Waals surface area contributed by atoms with Crippen LogP contribution in [0.15, 0.2) is 51.7 Å². The first-order valence-electron chi connectivity index (χ1n) is 6.50. The molecule has 1 aromatic carbocycles. The molecule has 108 valence electrons. The summed E-state index contributed by atoms with van der Waals surface area (Å²) < 4.78 is 5.56. The van der Waals surface area contributed by atoms with Gasteiger partial charge in [0.2, 0.25) is 0 Å². The first-order valence-corrected chi connectivity index (χ1v) is 6.50. The van der Waals surface area contributed by atoms with Gasteiger partial charge in [0.25, 0.3) is 0 Å². The van der Waals surface area contributed by atoms with Gasteiger partial charge in [0.1, 0.15) is 11.2 Å². The molecule has 21 heavy (non-hydrogen) atoms. The molecule has 1 aromatic rings. The first-order chi connectivity index (χ1) is 9.97. The Hall–Kier alpha value is -2.69. The number of para-hydroxylation sites is 2. The second-order valence-electron chi connectivity index (χ2n) is 4.80. The van der Waals surface area contributed by atoms with Gasteiger partial charge in [0.05, 0.1) is 5.92 Å². The first kappa shape index (κ1) is 14.7. The maximum atomic E-state index is 11.1. The number of hydrogen-bond acceptors (Lipinski definition) is 4. The topological polar surface area (TPSA) is 80.4 Å². The van der Waals surface area contributed by atoms with Crippen LogP contribution in [0.1, 0.15) is 13.8 Å². The van der Waals surface area contributed by atoms with E-state index in [0.717, 1.165) is 5.52 Å². The van der Waals surface area contributed by atoms with Gasteiger partial charge in [-0.1, -0.05) is 26.0 Å². The summed E-state index contributed by atoms with van der Waals surface area (Å²) in [4.78, 5) is 25.2. The van der Waals surface area contributed by atoms with Crippen molar-refractivity contribution in [3.8, 4) is 11.5 Å². The summed E-state index contributed by atoms with van der Waals surface area (Å²) in [5.41, 5.74) is 2.12. The van der Waals surface area contributed by atoms with Crippen LogP contribution in [0, 0.1) is 5.92 Å². The van der Waals surface area contributed by atoms with Gasteiger partial charge in [0, 0.05) is 6.07 Å². The van der Waals surface area contributed by atoms with Gasteiger partial charge in [-0.15, -0.1) is 0 Å². The summed E-state index contributed by atoms with van der Waals surface area (Å²) >= 11 is 0. The van der Waals surface area contributed by atoms with Gasteiger partial charge >= 0.3 is 5.97 Å². The minimum Gasteiger partial charge on any atom is -0.481 e. The molecule has 0 atom stereocenters. The summed E-state index contributed by atoms with van der Waals surface area (Å²) in [7, 11) is 0. The second kappa shape index (κ2) is 6.17. The minimum absolute atomic E-state index is 0.0664. The molecule has 0 spiro atoms.